The van der Waals surface area contributed by atoms with Crippen molar-refractivity contribution in [2.75, 3.05) is 13.2 Å². The lowest BCUT2D eigenvalue weighted by Gasteiger charge is -2.15. The fourth-order valence-electron chi connectivity index (χ4n) is 10.2. The molecule has 0 rings (SSSR count). The van der Waals surface area contributed by atoms with Crippen LogP contribution in [0.4, 0.5) is 0 Å². The summed E-state index contributed by atoms with van der Waals surface area (Å²) in [6.45, 7) is 3.94. The third kappa shape index (κ3) is 70.5. The summed E-state index contributed by atoms with van der Waals surface area (Å²) in [4.78, 5) is 24.7. The number of aliphatic hydroxyl groups is 1. The smallest absolute Gasteiger partial charge is 0.306 e. The van der Waals surface area contributed by atoms with Gasteiger partial charge in [-0.05, 0) is 109 Å². The van der Waals surface area contributed by atoms with Gasteiger partial charge in [-0.1, -0.05) is 347 Å². The maximum absolute atomic E-state index is 12.4. The lowest BCUT2D eigenvalue weighted by Crippen LogP contribution is -2.28. The number of allylic oxidation sites excluding steroid dienone is 22. The van der Waals surface area contributed by atoms with E-state index in [1.54, 1.807) is 0 Å². The van der Waals surface area contributed by atoms with Crippen molar-refractivity contribution in [3.8, 4) is 0 Å². The number of carbonyl (C=O) groups is 2. The Kier molecular flexibility index (Phi) is 69.8. The lowest BCUT2D eigenvalue weighted by molar-refractivity contribution is -0.161. The number of hydrogen-bond acceptors (Lipinski definition) is 5. The second kappa shape index (κ2) is 73.3. The predicted molar refractivity (Wildman–Crippen MR) is 371 cm³/mol. The minimum atomic E-state index is -0.778. The van der Waals surface area contributed by atoms with Gasteiger partial charge in [0, 0.05) is 12.8 Å². The normalized spacial score (nSPS) is 13.0. The number of unbranched alkanes of at least 4 members (excludes halogenated alkanes) is 35. The number of rotatable bonds is 65. The van der Waals surface area contributed by atoms with Gasteiger partial charge in [0.15, 0.2) is 6.10 Å². The first-order valence-electron chi connectivity index (χ1n) is 35.7. The molecular weight excluding hydrogens is 1030 g/mol. The summed E-state index contributed by atoms with van der Waals surface area (Å²) in [5.74, 6) is -0.581. The molecule has 480 valence electrons. The lowest BCUT2D eigenvalue weighted by atomic mass is 10.0. The Morgan fingerprint density at radius 2 is 0.476 bits per heavy atom. The van der Waals surface area contributed by atoms with Gasteiger partial charge < -0.3 is 14.6 Å². The molecule has 1 N–H and O–H groups in total. The predicted octanol–water partition coefficient (Wildman–Crippen LogP) is 25.1. The van der Waals surface area contributed by atoms with E-state index in [-0.39, 0.29) is 25.2 Å². The van der Waals surface area contributed by atoms with Crippen LogP contribution in [0, 0.1) is 0 Å². The molecule has 0 aliphatic heterocycles. The van der Waals surface area contributed by atoms with Crippen molar-refractivity contribution >= 4 is 11.9 Å². The zero-order valence-electron chi connectivity index (χ0n) is 55.1. The first-order valence-corrected chi connectivity index (χ1v) is 35.7. The molecule has 0 heterocycles. The standard InChI is InChI=1S/C79H134O5/c1-3-5-7-9-11-13-15-17-19-21-23-25-27-29-31-33-35-36-37-38-39-40-41-42-44-46-48-50-52-54-56-58-60-62-64-66-68-70-72-74-79(82)84-77(75-80)76-83-78(81)73-71-69-67-65-63-61-59-57-55-53-51-49-47-45-43-34-32-30-28-26-24-22-20-18-16-14-12-10-8-6-4-2/h5-8,11-14,17-20,23-26,29-32,35-36,77,80H,3-4,9-10,15-16,21-22,27-28,33-34,37-76H2,1-2H3/b7-5-,8-6-,13-11-,14-12-,19-17-,20-18-,25-23-,26-24-,31-29-,32-30-,36-35-. The van der Waals surface area contributed by atoms with Crippen molar-refractivity contribution < 1.29 is 24.2 Å². The van der Waals surface area contributed by atoms with Crippen LogP contribution in [-0.4, -0.2) is 36.4 Å². The number of hydrogen-bond donors (Lipinski definition) is 1. The van der Waals surface area contributed by atoms with Gasteiger partial charge in [0.25, 0.3) is 0 Å². The third-order valence-corrected chi connectivity index (χ3v) is 15.4. The van der Waals surface area contributed by atoms with Crippen LogP contribution in [0.5, 0.6) is 0 Å². The second-order valence-electron chi connectivity index (χ2n) is 23.6. The SMILES string of the molecule is CC/C=C\C/C=C\C/C=C\C/C=C\C/C=C\C/C=C\CCCCCCCCCCCCCCCCCCCCCCC(=O)OC(CO)COC(=O)CCCCCCCCCCCCCCCCC/C=C\C/C=C\C/C=C\C/C=C\C/C=C\CC. The van der Waals surface area contributed by atoms with Crippen molar-refractivity contribution in [3.05, 3.63) is 134 Å². The van der Waals surface area contributed by atoms with E-state index in [0.717, 1.165) is 109 Å². The van der Waals surface area contributed by atoms with Crippen LogP contribution < -0.4 is 0 Å². The Morgan fingerprint density at radius 1 is 0.274 bits per heavy atom. The minimum absolute atomic E-state index is 0.0675. The minimum Gasteiger partial charge on any atom is -0.462 e. The quantitative estimate of drug-likeness (QED) is 0.0373. The molecule has 84 heavy (non-hydrogen) atoms. The van der Waals surface area contributed by atoms with Gasteiger partial charge in [-0.2, -0.15) is 0 Å². The van der Waals surface area contributed by atoms with Gasteiger partial charge in [0.05, 0.1) is 6.61 Å². The van der Waals surface area contributed by atoms with E-state index in [4.69, 9.17) is 9.47 Å². The summed E-state index contributed by atoms with van der Waals surface area (Å²) < 4.78 is 10.8. The number of ether oxygens (including phenoxy) is 2. The molecule has 0 fully saturated rings. The molecule has 0 amide bonds. The molecule has 0 aliphatic carbocycles. The highest BCUT2D eigenvalue weighted by Gasteiger charge is 2.16. The largest absolute Gasteiger partial charge is 0.462 e. The Bertz CT molecular complexity index is 1700. The highest BCUT2D eigenvalue weighted by molar-refractivity contribution is 5.70. The van der Waals surface area contributed by atoms with Crippen molar-refractivity contribution in [2.45, 2.75) is 341 Å². The fraction of sp³-hybridized carbons (Fsp3) is 0.696. The molecule has 0 aliphatic rings. The summed E-state index contributed by atoms with van der Waals surface area (Å²) in [5.41, 5.74) is 0. The fourth-order valence-corrected chi connectivity index (χ4v) is 10.2. The topological polar surface area (TPSA) is 72.8 Å². The molecular formula is C79H134O5. The molecule has 0 spiro atoms. The van der Waals surface area contributed by atoms with E-state index in [1.807, 2.05) is 0 Å². The maximum atomic E-state index is 12.4. The van der Waals surface area contributed by atoms with Crippen molar-refractivity contribution in [1.82, 2.24) is 0 Å². The van der Waals surface area contributed by atoms with Crippen LogP contribution in [0.25, 0.3) is 0 Å². The third-order valence-electron chi connectivity index (χ3n) is 15.4. The van der Waals surface area contributed by atoms with E-state index in [9.17, 15) is 14.7 Å². The van der Waals surface area contributed by atoms with Gasteiger partial charge in [-0.25, -0.2) is 0 Å². The van der Waals surface area contributed by atoms with Crippen LogP contribution >= 0.6 is 0 Å². The molecule has 5 nitrogen and oxygen atoms in total. The Balaban J connectivity index is 3.45. The number of aliphatic hydroxyl groups excluding tert-OH is 1. The number of carbonyl (C=O) groups excluding carboxylic acids is 2. The maximum Gasteiger partial charge on any atom is 0.306 e. The summed E-state index contributed by atoms with van der Waals surface area (Å²) >= 11 is 0. The van der Waals surface area contributed by atoms with Gasteiger partial charge in [0.1, 0.15) is 6.61 Å². The number of esters is 2. The molecule has 0 aromatic rings. The van der Waals surface area contributed by atoms with Gasteiger partial charge in [-0.3, -0.25) is 9.59 Å². The average Bonchev–Trinajstić information content (AvgIpc) is 3.51. The zero-order valence-corrected chi connectivity index (χ0v) is 55.1. The molecule has 5 heteroatoms. The van der Waals surface area contributed by atoms with Crippen LogP contribution in [-0.2, 0) is 19.1 Å². The van der Waals surface area contributed by atoms with Crippen LogP contribution in [0.15, 0.2) is 134 Å². The second-order valence-corrected chi connectivity index (χ2v) is 23.6. The van der Waals surface area contributed by atoms with Crippen LogP contribution in [0.2, 0.25) is 0 Å². The average molecular weight is 1160 g/mol. The van der Waals surface area contributed by atoms with E-state index >= 15 is 0 Å². The van der Waals surface area contributed by atoms with Crippen LogP contribution in [0.1, 0.15) is 335 Å². The van der Waals surface area contributed by atoms with Crippen molar-refractivity contribution in [2.24, 2.45) is 0 Å². The summed E-state index contributed by atoms with van der Waals surface area (Å²) in [6.07, 6.45) is 109. The molecule has 0 aromatic carbocycles. The molecule has 0 radical (unpaired) electrons. The molecule has 0 aromatic heterocycles. The molecule has 0 saturated carbocycles. The Morgan fingerprint density at radius 3 is 0.714 bits per heavy atom. The van der Waals surface area contributed by atoms with E-state index in [0.29, 0.717) is 12.8 Å². The van der Waals surface area contributed by atoms with E-state index in [1.165, 1.54) is 199 Å². The Hall–Kier alpha value is -3.96. The van der Waals surface area contributed by atoms with Gasteiger partial charge >= 0.3 is 11.9 Å². The monoisotopic (exact) mass is 1160 g/mol. The molecule has 0 bridgehead atoms. The highest BCUT2D eigenvalue weighted by atomic mass is 16.6. The highest BCUT2D eigenvalue weighted by Crippen LogP contribution is 2.18. The van der Waals surface area contributed by atoms with Crippen LogP contribution in [0.3, 0.4) is 0 Å². The van der Waals surface area contributed by atoms with Crippen molar-refractivity contribution in [3.63, 3.8) is 0 Å². The molecule has 0 saturated heterocycles. The molecule has 1 atom stereocenters. The zero-order chi connectivity index (χ0) is 60.5. The van der Waals surface area contributed by atoms with Crippen molar-refractivity contribution in [1.29, 1.82) is 0 Å². The first-order chi connectivity index (χ1) is 41.6. The van der Waals surface area contributed by atoms with Gasteiger partial charge in [-0.15, -0.1) is 0 Å². The first kappa shape index (κ1) is 80.0. The Labute approximate surface area is 521 Å². The summed E-state index contributed by atoms with van der Waals surface area (Å²) in [6, 6.07) is 0. The summed E-state index contributed by atoms with van der Waals surface area (Å²) in [7, 11) is 0. The summed E-state index contributed by atoms with van der Waals surface area (Å²) in [5, 5.41) is 9.71. The van der Waals surface area contributed by atoms with E-state index in [2.05, 4.69) is 148 Å². The molecule has 1 unspecified atom stereocenters. The van der Waals surface area contributed by atoms with E-state index < -0.39 is 6.10 Å². The van der Waals surface area contributed by atoms with Gasteiger partial charge in [0.2, 0.25) is 0 Å².